The lowest BCUT2D eigenvalue weighted by Gasteiger charge is -2.22. The molecule has 1 atom stereocenters. The standard InChI is InChI=1S/C13H20F2N2/c1-9-4-5-11(10(2)6-9)12(16)7-17(3)8-13(14)15/h4-6,12-13H,7-8,16H2,1-3H3. The fourth-order valence-electron chi connectivity index (χ4n) is 1.99. The molecule has 2 N–H and O–H groups in total. The molecule has 0 aliphatic carbocycles. The van der Waals surface area contributed by atoms with Gasteiger partial charge in [-0.1, -0.05) is 23.8 Å². The minimum absolute atomic E-state index is 0.223. The highest BCUT2D eigenvalue weighted by molar-refractivity contribution is 5.32. The van der Waals surface area contributed by atoms with Gasteiger partial charge in [-0.2, -0.15) is 0 Å². The molecule has 0 bridgehead atoms. The predicted molar refractivity (Wildman–Crippen MR) is 66.3 cm³/mol. The lowest BCUT2D eigenvalue weighted by atomic mass is 9.99. The normalized spacial score (nSPS) is 13.4. The van der Waals surface area contributed by atoms with Crippen LogP contribution in [0.15, 0.2) is 18.2 Å². The average molecular weight is 242 g/mol. The Labute approximate surface area is 101 Å². The van der Waals surface area contributed by atoms with E-state index in [1.165, 1.54) is 5.56 Å². The van der Waals surface area contributed by atoms with Crippen molar-refractivity contribution in [2.24, 2.45) is 5.73 Å². The van der Waals surface area contributed by atoms with Crippen LogP contribution in [0.1, 0.15) is 22.7 Å². The van der Waals surface area contributed by atoms with Crippen LogP contribution in [-0.4, -0.2) is 31.5 Å². The summed E-state index contributed by atoms with van der Waals surface area (Å²) in [5.41, 5.74) is 9.35. The van der Waals surface area contributed by atoms with Gasteiger partial charge < -0.3 is 5.73 Å². The molecule has 4 heteroatoms. The first-order chi connectivity index (χ1) is 7.90. The van der Waals surface area contributed by atoms with E-state index < -0.39 is 6.43 Å². The summed E-state index contributed by atoms with van der Waals surface area (Å²) in [4.78, 5) is 1.56. The summed E-state index contributed by atoms with van der Waals surface area (Å²) in [7, 11) is 1.66. The van der Waals surface area contributed by atoms with Crippen LogP contribution < -0.4 is 5.73 Å². The number of hydrogen-bond donors (Lipinski definition) is 1. The van der Waals surface area contributed by atoms with E-state index in [2.05, 4.69) is 6.07 Å². The number of nitrogens with zero attached hydrogens (tertiary/aromatic N) is 1. The first-order valence-electron chi connectivity index (χ1n) is 5.69. The zero-order valence-electron chi connectivity index (χ0n) is 10.6. The van der Waals surface area contributed by atoms with Crippen molar-refractivity contribution in [3.05, 3.63) is 34.9 Å². The van der Waals surface area contributed by atoms with Crippen molar-refractivity contribution >= 4 is 0 Å². The summed E-state index contributed by atoms with van der Waals surface area (Å²) in [5.74, 6) is 0. The summed E-state index contributed by atoms with van der Waals surface area (Å²) >= 11 is 0. The third-order valence-electron chi connectivity index (χ3n) is 2.78. The summed E-state index contributed by atoms with van der Waals surface area (Å²) < 4.78 is 24.4. The van der Waals surface area contributed by atoms with Crippen molar-refractivity contribution in [3.63, 3.8) is 0 Å². The molecule has 96 valence electrons. The fourth-order valence-corrected chi connectivity index (χ4v) is 1.99. The van der Waals surface area contributed by atoms with Gasteiger partial charge in [0.05, 0.1) is 6.54 Å². The number of halogens is 2. The van der Waals surface area contributed by atoms with Gasteiger partial charge in [0, 0.05) is 12.6 Å². The predicted octanol–water partition coefficient (Wildman–Crippen LogP) is 2.50. The number of rotatable bonds is 5. The minimum atomic E-state index is -2.31. The van der Waals surface area contributed by atoms with Crippen LogP contribution in [0, 0.1) is 13.8 Å². The Balaban J connectivity index is 2.66. The average Bonchev–Trinajstić information content (AvgIpc) is 2.15. The lowest BCUT2D eigenvalue weighted by molar-refractivity contribution is 0.0978. The van der Waals surface area contributed by atoms with Crippen LogP contribution in [0.3, 0.4) is 0 Å². The molecule has 0 fully saturated rings. The SMILES string of the molecule is Cc1ccc(C(N)CN(C)CC(F)F)c(C)c1. The zero-order valence-corrected chi connectivity index (χ0v) is 10.6. The van der Waals surface area contributed by atoms with Crippen LogP contribution in [0.5, 0.6) is 0 Å². The Kier molecular flexibility index (Phi) is 5.02. The summed E-state index contributed by atoms with van der Waals surface area (Å²) in [6, 6.07) is 5.81. The molecule has 17 heavy (non-hydrogen) atoms. The van der Waals surface area contributed by atoms with Gasteiger partial charge in [-0.05, 0) is 32.0 Å². The molecule has 1 unspecified atom stereocenters. The van der Waals surface area contributed by atoms with E-state index in [9.17, 15) is 8.78 Å². The quantitative estimate of drug-likeness (QED) is 0.859. The summed E-state index contributed by atoms with van der Waals surface area (Å²) in [6.07, 6.45) is -2.31. The maximum absolute atomic E-state index is 12.2. The van der Waals surface area contributed by atoms with Crippen LogP contribution in [0.4, 0.5) is 8.78 Å². The van der Waals surface area contributed by atoms with Gasteiger partial charge in [0.1, 0.15) is 0 Å². The second-order valence-corrected chi connectivity index (χ2v) is 4.58. The molecule has 1 aromatic rings. The van der Waals surface area contributed by atoms with Gasteiger partial charge in [-0.3, -0.25) is 4.90 Å². The van der Waals surface area contributed by atoms with Gasteiger partial charge in [0.15, 0.2) is 0 Å². The van der Waals surface area contributed by atoms with E-state index in [1.807, 2.05) is 26.0 Å². The fraction of sp³-hybridized carbons (Fsp3) is 0.538. The summed E-state index contributed by atoms with van der Waals surface area (Å²) in [5, 5.41) is 0. The Morgan fingerprint density at radius 1 is 1.24 bits per heavy atom. The van der Waals surface area contributed by atoms with E-state index >= 15 is 0 Å². The van der Waals surface area contributed by atoms with Crippen molar-refractivity contribution in [2.75, 3.05) is 20.1 Å². The van der Waals surface area contributed by atoms with Crippen LogP contribution >= 0.6 is 0 Å². The molecule has 0 aliphatic rings. The van der Waals surface area contributed by atoms with Gasteiger partial charge in [0.2, 0.25) is 0 Å². The molecule has 0 aromatic heterocycles. The van der Waals surface area contributed by atoms with E-state index in [4.69, 9.17) is 5.73 Å². The number of nitrogens with two attached hydrogens (primary N) is 1. The lowest BCUT2D eigenvalue weighted by Crippen LogP contribution is -2.32. The Morgan fingerprint density at radius 2 is 1.88 bits per heavy atom. The van der Waals surface area contributed by atoms with Crippen molar-refractivity contribution in [3.8, 4) is 0 Å². The zero-order chi connectivity index (χ0) is 13.0. The first kappa shape index (κ1) is 14.1. The van der Waals surface area contributed by atoms with E-state index in [0.29, 0.717) is 6.54 Å². The third kappa shape index (κ3) is 4.40. The highest BCUT2D eigenvalue weighted by atomic mass is 19.3. The van der Waals surface area contributed by atoms with Gasteiger partial charge in [0.25, 0.3) is 6.43 Å². The molecule has 0 radical (unpaired) electrons. The van der Waals surface area contributed by atoms with Crippen LogP contribution in [0.2, 0.25) is 0 Å². The molecule has 0 saturated carbocycles. The van der Waals surface area contributed by atoms with Crippen molar-refractivity contribution in [1.82, 2.24) is 4.90 Å². The number of likely N-dealkylation sites (N-methyl/N-ethyl adjacent to an activating group) is 1. The Hall–Kier alpha value is -1.00. The minimum Gasteiger partial charge on any atom is -0.323 e. The highest BCUT2D eigenvalue weighted by Gasteiger charge is 2.14. The Morgan fingerprint density at radius 3 is 2.41 bits per heavy atom. The molecule has 0 spiro atoms. The molecule has 0 heterocycles. The molecular formula is C13H20F2N2. The maximum atomic E-state index is 12.2. The van der Waals surface area contributed by atoms with E-state index in [1.54, 1.807) is 11.9 Å². The molecule has 1 aromatic carbocycles. The van der Waals surface area contributed by atoms with Crippen LogP contribution in [-0.2, 0) is 0 Å². The smallest absolute Gasteiger partial charge is 0.251 e. The second-order valence-electron chi connectivity index (χ2n) is 4.58. The topological polar surface area (TPSA) is 29.3 Å². The number of alkyl halides is 2. The molecule has 1 rings (SSSR count). The second kappa shape index (κ2) is 6.07. The number of aryl methyl sites for hydroxylation is 2. The Bertz CT molecular complexity index is 366. The van der Waals surface area contributed by atoms with Crippen LogP contribution in [0.25, 0.3) is 0 Å². The van der Waals surface area contributed by atoms with E-state index in [-0.39, 0.29) is 12.6 Å². The van der Waals surface area contributed by atoms with Crippen molar-refractivity contribution in [2.45, 2.75) is 26.3 Å². The van der Waals surface area contributed by atoms with Gasteiger partial charge >= 0.3 is 0 Å². The third-order valence-corrected chi connectivity index (χ3v) is 2.78. The van der Waals surface area contributed by atoms with Crippen molar-refractivity contribution in [1.29, 1.82) is 0 Å². The van der Waals surface area contributed by atoms with Gasteiger partial charge in [-0.25, -0.2) is 8.78 Å². The molecule has 2 nitrogen and oxygen atoms in total. The highest BCUT2D eigenvalue weighted by Crippen LogP contribution is 2.18. The number of hydrogen-bond acceptors (Lipinski definition) is 2. The molecule has 0 amide bonds. The molecule has 0 aliphatic heterocycles. The maximum Gasteiger partial charge on any atom is 0.251 e. The largest absolute Gasteiger partial charge is 0.323 e. The number of benzene rings is 1. The summed E-state index contributed by atoms with van der Waals surface area (Å²) in [6.45, 7) is 4.22. The monoisotopic (exact) mass is 242 g/mol. The van der Waals surface area contributed by atoms with Crippen molar-refractivity contribution < 1.29 is 8.78 Å². The first-order valence-corrected chi connectivity index (χ1v) is 5.69. The molecule has 0 saturated heterocycles. The molecular weight excluding hydrogens is 222 g/mol. The van der Waals surface area contributed by atoms with E-state index in [0.717, 1.165) is 11.1 Å². The van der Waals surface area contributed by atoms with Gasteiger partial charge in [-0.15, -0.1) is 0 Å².